The zero-order valence-corrected chi connectivity index (χ0v) is 13.8. The van der Waals surface area contributed by atoms with Crippen molar-refractivity contribution < 1.29 is 23.0 Å². The minimum absolute atomic E-state index is 0.0593. The van der Waals surface area contributed by atoms with Gasteiger partial charge in [-0.3, -0.25) is 4.79 Å². The first kappa shape index (κ1) is 17.4. The summed E-state index contributed by atoms with van der Waals surface area (Å²) in [4.78, 5) is 11.5. The van der Waals surface area contributed by atoms with Crippen molar-refractivity contribution in [3.8, 4) is 11.5 Å². The minimum Gasteiger partial charge on any atom is -0.487 e. The summed E-state index contributed by atoms with van der Waals surface area (Å²) in [7, 11) is 0. The molecule has 1 atom stereocenters. The van der Waals surface area contributed by atoms with Crippen LogP contribution in [0.1, 0.15) is 25.7 Å². The Kier molecular flexibility index (Phi) is 5.64. The number of hydrogen-bond donors (Lipinski definition) is 0. The van der Waals surface area contributed by atoms with E-state index in [1.165, 1.54) is 12.1 Å². The molecule has 132 valence electrons. The first-order valence-electron chi connectivity index (χ1n) is 8.43. The third-order valence-corrected chi connectivity index (χ3v) is 4.47. The van der Waals surface area contributed by atoms with Crippen molar-refractivity contribution in [2.45, 2.75) is 31.8 Å². The van der Waals surface area contributed by atoms with Crippen LogP contribution in [0, 0.1) is 17.6 Å². The molecule has 2 aromatic carbocycles. The van der Waals surface area contributed by atoms with E-state index in [2.05, 4.69) is 0 Å². The summed E-state index contributed by atoms with van der Waals surface area (Å²) in [6.45, 7) is 0.0914. The van der Waals surface area contributed by atoms with Crippen LogP contribution < -0.4 is 9.47 Å². The Balaban J connectivity index is 1.73. The van der Waals surface area contributed by atoms with Crippen molar-refractivity contribution in [3.05, 3.63) is 60.2 Å². The Morgan fingerprint density at radius 1 is 0.920 bits per heavy atom. The van der Waals surface area contributed by atoms with Gasteiger partial charge in [0.2, 0.25) is 0 Å². The molecule has 1 unspecified atom stereocenters. The second-order valence-corrected chi connectivity index (χ2v) is 6.20. The largest absolute Gasteiger partial charge is 0.487 e. The average Bonchev–Trinajstić information content (AvgIpc) is 2.62. The lowest BCUT2D eigenvalue weighted by Crippen LogP contribution is -2.36. The highest BCUT2D eigenvalue weighted by Crippen LogP contribution is 2.29. The van der Waals surface area contributed by atoms with Gasteiger partial charge in [-0.05, 0) is 37.1 Å². The molecule has 1 aliphatic rings. The van der Waals surface area contributed by atoms with Gasteiger partial charge in [-0.2, -0.15) is 0 Å². The fourth-order valence-corrected chi connectivity index (χ4v) is 3.04. The normalized spacial score (nSPS) is 16.5. The number of halogens is 2. The zero-order chi connectivity index (χ0) is 17.6. The maximum atomic E-state index is 13.9. The Morgan fingerprint density at radius 3 is 2.08 bits per heavy atom. The number of carbonyl (C=O) groups excluding carboxylic acids is 1. The number of ether oxygens (including phenoxy) is 2. The molecule has 2 aromatic rings. The SMILES string of the molecule is O=C1CCC(C(COc2ccccc2F)Oc2ccccc2F)CC1. The fourth-order valence-electron chi connectivity index (χ4n) is 3.04. The van der Waals surface area contributed by atoms with Crippen LogP contribution in [0.2, 0.25) is 0 Å². The van der Waals surface area contributed by atoms with Crippen molar-refractivity contribution in [1.29, 1.82) is 0 Å². The minimum atomic E-state index is -0.454. The van der Waals surface area contributed by atoms with E-state index in [0.717, 1.165) is 0 Å². The summed E-state index contributed by atoms with van der Waals surface area (Å²) in [6, 6.07) is 12.3. The summed E-state index contributed by atoms with van der Waals surface area (Å²) in [5.74, 6) is -0.339. The molecule has 3 nitrogen and oxygen atoms in total. The summed E-state index contributed by atoms with van der Waals surface area (Å²) in [5, 5.41) is 0. The molecule has 5 heteroatoms. The van der Waals surface area contributed by atoms with E-state index in [1.807, 2.05) is 0 Å². The zero-order valence-electron chi connectivity index (χ0n) is 13.8. The molecule has 0 aromatic heterocycles. The highest BCUT2D eigenvalue weighted by atomic mass is 19.1. The van der Waals surface area contributed by atoms with Crippen LogP contribution in [0.5, 0.6) is 11.5 Å². The molecule has 0 amide bonds. The van der Waals surface area contributed by atoms with E-state index in [-0.39, 0.29) is 29.8 Å². The fraction of sp³-hybridized carbons (Fsp3) is 0.350. The Morgan fingerprint density at radius 2 is 1.48 bits per heavy atom. The number of ketones is 1. The maximum Gasteiger partial charge on any atom is 0.165 e. The standard InChI is InChI=1S/C20H20F2O3/c21-16-5-1-3-7-18(16)24-13-20(14-9-11-15(23)12-10-14)25-19-8-4-2-6-17(19)22/h1-8,14,20H,9-13H2. The van der Waals surface area contributed by atoms with Crippen molar-refractivity contribution in [2.24, 2.45) is 5.92 Å². The van der Waals surface area contributed by atoms with Crippen molar-refractivity contribution in [1.82, 2.24) is 0 Å². The number of rotatable bonds is 6. The molecule has 0 spiro atoms. The third-order valence-electron chi connectivity index (χ3n) is 4.47. The van der Waals surface area contributed by atoms with Gasteiger partial charge in [0.15, 0.2) is 23.1 Å². The van der Waals surface area contributed by atoms with Crippen LogP contribution in [-0.4, -0.2) is 18.5 Å². The summed E-state index contributed by atoms with van der Waals surface area (Å²) in [5.41, 5.74) is 0. The molecule has 0 saturated heterocycles. The average molecular weight is 346 g/mol. The molecule has 0 N–H and O–H groups in total. The lowest BCUT2D eigenvalue weighted by molar-refractivity contribution is -0.121. The highest BCUT2D eigenvalue weighted by Gasteiger charge is 2.29. The van der Waals surface area contributed by atoms with Crippen LogP contribution >= 0.6 is 0 Å². The van der Waals surface area contributed by atoms with Gasteiger partial charge >= 0.3 is 0 Å². The smallest absolute Gasteiger partial charge is 0.165 e. The number of benzene rings is 2. The Bertz CT molecular complexity index is 722. The molecule has 0 heterocycles. The van der Waals surface area contributed by atoms with Crippen LogP contribution in [-0.2, 0) is 4.79 Å². The molecule has 25 heavy (non-hydrogen) atoms. The van der Waals surface area contributed by atoms with Crippen LogP contribution in [0.3, 0.4) is 0 Å². The van der Waals surface area contributed by atoms with E-state index in [4.69, 9.17) is 9.47 Å². The Labute approximate surface area is 145 Å². The van der Waals surface area contributed by atoms with Gasteiger partial charge in [0, 0.05) is 18.8 Å². The number of carbonyl (C=O) groups is 1. The number of hydrogen-bond acceptors (Lipinski definition) is 3. The summed E-state index contributed by atoms with van der Waals surface area (Å²) in [6.07, 6.45) is 1.85. The molecule has 0 aliphatic heterocycles. The van der Waals surface area contributed by atoms with E-state index in [1.54, 1.807) is 36.4 Å². The van der Waals surface area contributed by atoms with Gasteiger partial charge in [-0.25, -0.2) is 8.78 Å². The van der Waals surface area contributed by atoms with Gasteiger partial charge in [0.25, 0.3) is 0 Å². The predicted molar refractivity (Wildman–Crippen MR) is 89.7 cm³/mol. The van der Waals surface area contributed by atoms with E-state index >= 15 is 0 Å². The first-order chi connectivity index (χ1) is 12.1. The van der Waals surface area contributed by atoms with Gasteiger partial charge in [0.1, 0.15) is 18.5 Å². The van der Waals surface area contributed by atoms with Gasteiger partial charge in [0.05, 0.1) is 0 Å². The monoisotopic (exact) mass is 346 g/mol. The molecule has 3 rings (SSSR count). The van der Waals surface area contributed by atoms with Gasteiger partial charge < -0.3 is 9.47 Å². The molecule has 1 aliphatic carbocycles. The van der Waals surface area contributed by atoms with E-state index in [9.17, 15) is 13.6 Å². The molecular weight excluding hydrogens is 326 g/mol. The summed E-state index contributed by atoms with van der Waals surface area (Å²) < 4.78 is 39.1. The first-order valence-corrected chi connectivity index (χ1v) is 8.43. The van der Waals surface area contributed by atoms with Crippen LogP contribution in [0.15, 0.2) is 48.5 Å². The molecule has 1 fully saturated rings. The van der Waals surface area contributed by atoms with Gasteiger partial charge in [-0.15, -0.1) is 0 Å². The quantitative estimate of drug-likeness (QED) is 0.770. The Hall–Kier alpha value is -2.43. The topological polar surface area (TPSA) is 35.5 Å². The van der Waals surface area contributed by atoms with Crippen molar-refractivity contribution >= 4 is 5.78 Å². The second kappa shape index (κ2) is 8.10. The van der Waals surface area contributed by atoms with E-state index < -0.39 is 17.7 Å². The predicted octanol–water partition coefficient (Wildman–Crippen LogP) is 4.55. The lowest BCUT2D eigenvalue weighted by Gasteiger charge is -2.30. The number of para-hydroxylation sites is 2. The van der Waals surface area contributed by atoms with Crippen LogP contribution in [0.4, 0.5) is 8.78 Å². The molecule has 1 saturated carbocycles. The second-order valence-electron chi connectivity index (χ2n) is 6.20. The molecular formula is C20H20F2O3. The molecule has 0 bridgehead atoms. The third kappa shape index (κ3) is 4.56. The molecule has 0 radical (unpaired) electrons. The van der Waals surface area contributed by atoms with Crippen molar-refractivity contribution in [3.63, 3.8) is 0 Å². The lowest BCUT2D eigenvalue weighted by atomic mass is 9.84. The van der Waals surface area contributed by atoms with Crippen molar-refractivity contribution in [2.75, 3.05) is 6.61 Å². The van der Waals surface area contributed by atoms with E-state index in [0.29, 0.717) is 25.7 Å². The summed E-state index contributed by atoms with van der Waals surface area (Å²) >= 11 is 0. The highest BCUT2D eigenvalue weighted by molar-refractivity contribution is 5.79. The van der Waals surface area contributed by atoms with Crippen LogP contribution in [0.25, 0.3) is 0 Å². The van der Waals surface area contributed by atoms with Gasteiger partial charge in [-0.1, -0.05) is 24.3 Å². The maximum absolute atomic E-state index is 13.9. The number of Topliss-reactive ketones (excluding diaryl/α,β-unsaturated/α-hetero) is 1.